The van der Waals surface area contributed by atoms with Crippen LogP contribution in [0.15, 0.2) is 40.9 Å². The first-order chi connectivity index (χ1) is 10.1. The average molecular weight is 370 g/mol. The number of rotatable bonds is 6. The van der Waals surface area contributed by atoms with Gasteiger partial charge in [0, 0.05) is 5.02 Å². The van der Waals surface area contributed by atoms with Gasteiger partial charge in [-0.05, 0) is 46.6 Å². The van der Waals surface area contributed by atoms with Crippen LogP contribution >= 0.6 is 27.5 Å². The van der Waals surface area contributed by atoms with E-state index >= 15 is 0 Å². The molecule has 3 nitrogen and oxygen atoms in total. The Balaban J connectivity index is 1.95. The van der Waals surface area contributed by atoms with Crippen molar-refractivity contribution >= 4 is 33.8 Å². The second-order valence-corrected chi connectivity index (χ2v) is 5.68. The summed E-state index contributed by atoms with van der Waals surface area (Å²) in [4.78, 5) is 11.0. The normalized spacial score (nSPS) is 10.2. The molecule has 0 atom stereocenters. The van der Waals surface area contributed by atoms with E-state index in [1.165, 1.54) is 0 Å². The Bertz CT molecular complexity index is 643. The SMILES string of the molecule is Cc1ccccc1OCCOc1c(Br)cc(Cl)cc1C=O. The molecule has 110 valence electrons. The van der Waals surface area contributed by atoms with Gasteiger partial charge in [0.15, 0.2) is 6.29 Å². The number of aryl methyl sites for hydroxylation is 1. The summed E-state index contributed by atoms with van der Waals surface area (Å²) in [7, 11) is 0. The molecule has 0 saturated carbocycles. The monoisotopic (exact) mass is 368 g/mol. The molecule has 2 aromatic rings. The largest absolute Gasteiger partial charge is 0.490 e. The second kappa shape index (κ2) is 7.48. The van der Waals surface area contributed by atoms with E-state index in [4.69, 9.17) is 21.1 Å². The van der Waals surface area contributed by atoms with Crippen LogP contribution in [-0.2, 0) is 0 Å². The second-order valence-electron chi connectivity index (χ2n) is 4.39. The highest BCUT2D eigenvalue weighted by atomic mass is 79.9. The van der Waals surface area contributed by atoms with E-state index in [1.807, 2.05) is 31.2 Å². The number of ether oxygens (including phenoxy) is 2. The molecule has 0 bridgehead atoms. The Kier molecular flexibility index (Phi) is 5.65. The van der Waals surface area contributed by atoms with Crippen molar-refractivity contribution < 1.29 is 14.3 Å². The number of aldehydes is 1. The van der Waals surface area contributed by atoms with Gasteiger partial charge in [0.25, 0.3) is 0 Å². The van der Waals surface area contributed by atoms with Crippen molar-refractivity contribution in [2.75, 3.05) is 13.2 Å². The Morgan fingerprint density at radius 3 is 2.62 bits per heavy atom. The Labute approximate surface area is 137 Å². The van der Waals surface area contributed by atoms with Gasteiger partial charge in [0.2, 0.25) is 0 Å². The lowest BCUT2D eigenvalue weighted by atomic mass is 10.2. The minimum atomic E-state index is 0.329. The average Bonchev–Trinajstić information content (AvgIpc) is 2.46. The van der Waals surface area contributed by atoms with Crippen LogP contribution < -0.4 is 9.47 Å². The zero-order chi connectivity index (χ0) is 15.2. The Hall–Kier alpha value is -1.52. The van der Waals surface area contributed by atoms with E-state index < -0.39 is 0 Å². The first-order valence-electron chi connectivity index (χ1n) is 6.37. The zero-order valence-corrected chi connectivity index (χ0v) is 13.8. The number of hydrogen-bond acceptors (Lipinski definition) is 3. The molecule has 5 heteroatoms. The van der Waals surface area contributed by atoms with Crippen molar-refractivity contribution in [2.45, 2.75) is 6.92 Å². The third kappa shape index (κ3) is 4.22. The quantitative estimate of drug-likeness (QED) is 0.548. The molecular weight excluding hydrogens is 356 g/mol. The van der Waals surface area contributed by atoms with Crippen LogP contribution in [0.2, 0.25) is 5.02 Å². The van der Waals surface area contributed by atoms with Gasteiger partial charge < -0.3 is 9.47 Å². The van der Waals surface area contributed by atoms with Gasteiger partial charge in [-0.2, -0.15) is 0 Å². The summed E-state index contributed by atoms with van der Waals surface area (Å²) < 4.78 is 11.9. The number of halogens is 2. The van der Waals surface area contributed by atoms with Gasteiger partial charge in [-0.1, -0.05) is 29.8 Å². The molecule has 0 fully saturated rings. The minimum absolute atomic E-state index is 0.329. The van der Waals surface area contributed by atoms with Crippen molar-refractivity contribution in [3.8, 4) is 11.5 Å². The van der Waals surface area contributed by atoms with Crippen LogP contribution in [0.25, 0.3) is 0 Å². The van der Waals surface area contributed by atoms with Gasteiger partial charge in [-0.3, -0.25) is 4.79 Å². The van der Waals surface area contributed by atoms with Crippen LogP contribution in [0, 0.1) is 6.92 Å². The van der Waals surface area contributed by atoms with E-state index in [9.17, 15) is 4.79 Å². The highest BCUT2D eigenvalue weighted by molar-refractivity contribution is 9.10. The zero-order valence-electron chi connectivity index (χ0n) is 11.4. The summed E-state index contributed by atoms with van der Waals surface area (Å²) in [5, 5.41) is 0.479. The van der Waals surface area contributed by atoms with Crippen LogP contribution in [0.5, 0.6) is 11.5 Å². The standard InChI is InChI=1S/C16H14BrClO3/c1-11-4-2-3-5-15(11)20-6-7-21-16-12(10-19)8-13(18)9-14(16)17/h2-5,8-10H,6-7H2,1H3. The van der Waals surface area contributed by atoms with Gasteiger partial charge in [-0.15, -0.1) is 0 Å². The number of hydrogen-bond donors (Lipinski definition) is 0. The molecule has 0 amide bonds. The minimum Gasteiger partial charge on any atom is -0.490 e. The number of para-hydroxylation sites is 1. The van der Waals surface area contributed by atoms with Gasteiger partial charge >= 0.3 is 0 Å². The maximum absolute atomic E-state index is 11.0. The van der Waals surface area contributed by atoms with Gasteiger partial charge in [0.1, 0.15) is 24.7 Å². The molecule has 0 saturated heterocycles. The van der Waals surface area contributed by atoms with Crippen LogP contribution in [-0.4, -0.2) is 19.5 Å². The molecule has 0 aliphatic carbocycles. The maximum atomic E-state index is 11.0. The maximum Gasteiger partial charge on any atom is 0.153 e. The molecule has 0 N–H and O–H groups in total. The van der Waals surface area contributed by atoms with Gasteiger partial charge in [0.05, 0.1) is 10.0 Å². The molecule has 0 spiro atoms. The molecule has 0 radical (unpaired) electrons. The van der Waals surface area contributed by atoms with Crippen molar-refractivity contribution in [1.82, 2.24) is 0 Å². The Morgan fingerprint density at radius 1 is 1.19 bits per heavy atom. The van der Waals surface area contributed by atoms with Gasteiger partial charge in [-0.25, -0.2) is 0 Å². The van der Waals surface area contributed by atoms with E-state index in [-0.39, 0.29) is 0 Å². The summed E-state index contributed by atoms with van der Waals surface area (Å²) in [6.45, 7) is 2.70. The van der Waals surface area contributed by atoms with E-state index in [0.717, 1.165) is 11.3 Å². The first kappa shape index (κ1) is 15.9. The fraction of sp³-hybridized carbons (Fsp3) is 0.188. The number of carbonyl (C=O) groups excluding carboxylic acids is 1. The van der Waals surface area contributed by atoms with Crippen molar-refractivity contribution in [1.29, 1.82) is 0 Å². The smallest absolute Gasteiger partial charge is 0.153 e. The molecule has 0 aromatic heterocycles. The fourth-order valence-corrected chi connectivity index (χ4v) is 2.78. The summed E-state index contributed by atoms with van der Waals surface area (Å²) in [5.41, 5.74) is 1.48. The van der Waals surface area contributed by atoms with E-state index in [1.54, 1.807) is 12.1 Å². The molecule has 2 aromatic carbocycles. The fourth-order valence-electron chi connectivity index (χ4n) is 1.83. The number of benzene rings is 2. The number of carbonyl (C=O) groups is 1. The van der Waals surface area contributed by atoms with E-state index in [0.29, 0.717) is 40.3 Å². The topological polar surface area (TPSA) is 35.5 Å². The van der Waals surface area contributed by atoms with Crippen molar-refractivity contribution in [3.05, 3.63) is 57.0 Å². The predicted molar refractivity (Wildman–Crippen MR) is 86.7 cm³/mol. The van der Waals surface area contributed by atoms with Crippen molar-refractivity contribution in [2.24, 2.45) is 0 Å². The summed E-state index contributed by atoms with van der Waals surface area (Å²) in [5.74, 6) is 1.30. The van der Waals surface area contributed by atoms with Crippen LogP contribution in [0.1, 0.15) is 15.9 Å². The molecular formula is C16H14BrClO3. The first-order valence-corrected chi connectivity index (χ1v) is 7.54. The lowest BCUT2D eigenvalue weighted by Crippen LogP contribution is -2.10. The molecule has 0 aliphatic rings. The lowest BCUT2D eigenvalue weighted by molar-refractivity contribution is 0.111. The van der Waals surface area contributed by atoms with Crippen LogP contribution in [0.3, 0.4) is 0 Å². The predicted octanol–water partition coefficient (Wildman–Crippen LogP) is 4.68. The summed E-state index contributed by atoms with van der Waals surface area (Å²) >= 11 is 9.23. The molecule has 0 heterocycles. The lowest BCUT2D eigenvalue weighted by Gasteiger charge is -2.12. The highest BCUT2D eigenvalue weighted by Gasteiger charge is 2.10. The van der Waals surface area contributed by atoms with E-state index in [2.05, 4.69) is 15.9 Å². The molecule has 0 aliphatic heterocycles. The summed E-state index contributed by atoms with van der Waals surface area (Å²) in [6, 6.07) is 11.0. The molecule has 2 rings (SSSR count). The molecule has 0 unspecified atom stereocenters. The summed E-state index contributed by atoms with van der Waals surface area (Å²) in [6.07, 6.45) is 0.716. The molecule has 21 heavy (non-hydrogen) atoms. The third-order valence-electron chi connectivity index (χ3n) is 2.84. The Morgan fingerprint density at radius 2 is 1.90 bits per heavy atom. The van der Waals surface area contributed by atoms with Crippen LogP contribution in [0.4, 0.5) is 0 Å². The van der Waals surface area contributed by atoms with Crippen molar-refractivity contribution in [3.63, 3.8) is 0 Å². The third-order valence-corrected chi connectivity index (χ3v) is 3.65. The highest BCUT2D eigenvalue weighted by Crippen LogP contribution is 2.31.